The van der Waals surface area contributed by atoms with E-state index in [9.17, 15) is 70.2 Å². The predicted molar refractivity (Wildman–Crippen MR) is 184 cm³/mol. The van der Waals surface area contributed by atoms with E-state index in [1.807, 2.05) is 0 Å². The minimum Gasteiger partial charge on any atom is -0.508 e. The van der Waals surface area contributed by atoms with Crippen LogP contribution in [-0.4, -0.2) is 148 Å². The molecule has 1 amide bonds. The number of carboxylic acids is 1. The van der Waals surface area contributed by atoms with Crippen LogP contribution < -0.4 is 5.32 Å². The molecule has 0 bridgehead atoms. The lowest BCUT2D eigenvalue weighted by Gasteiger charge is -2.45. The number of benzene rings is 3. The van der Waals surface area contributed by atoms with Gasteiger partial charge >= 0.3 is 5.97 Å². The number of aliphatic hydroxyl groups is 6. The maximum atomic E-state index is 13.8. The molecular formula is C37H37NO19. The molecule has 7 rings (SSSR count). The van der Waals surface area contributed by atoms with Gasteiger partial charge in [0.15, 0.2) is 24.1 Å². The highest BCUT2D eigenvalue weighted by Gasteiger charge is 2.51. The van der Waals surface area contributed by atoms with Gasteiger partial charge in [-0.05, 0) is 42.7 Å². The molecule has 20 heteroatoms. The first-order chi connectivity index (χ1) is 26.8. The molecule has 57 heavy (non-hydrogen) atoms. The molecule has 0 saturated carbocycles. The highest BCUT2D eigenvalue weighted by molar-refractivity contribution is 6.31. The summed E-state index contributed by atoms with van der Waals surface area (Å²) < 4.78 is 22.8. The van der Waals surface area contributed by atoms with E-state index in [4.69, 9.17) is 24.1 Å². The SMILES string of the molecule is Cc1cc2c(c(O)c1C(=O)NCC(=O)O)-c1c(cc3c(c1O)C(=O)c1cc(O)cc(O)c1C3=O)[C@H](O)[C@H]2O[C@@H]1O[C@H](C)[C@H](O)[C@H](O[C@@H]2OC[C@@H](O)[C@H](O)[C@H]2O)[C@H]1O. The maximum absolute atomic E-state index is 13.8. The molecule has 2 saturated heterocycles. The molecule has 0 spiro atoms. The standard InChI is InChI=1S/C37H37NO19/c1-9-3-15-22(29(49)19(9)35(53)38-7-18(42)43)21-13(6-14-23(30(21)50)26(46)12-4-11(39)5-16(40)20(12)25(14)45)27(47)33(15)56-37-32(52)34(24(44)10(2)55-37)57-36-31(51)28(48)17(41)8-54-36/h3-6,10,17,24,27-28,31-34,36-37,39-41,44,47-52H,7-8H2,1-2H3,(H,38,53)(H,42,43)/t10-,17-,24+,27+,28+,31-,32-,33+,34+,36+,37+/m1/s1. The van der Waals surface area contributed by atoms with Gasteiger partial charge in [-0.15, -0.1) is 0 Å². The van der Waals surface area contributed by atoms with Crippen molar-refractivity contribution in [3.8, 4) is 34.1 Å². The van der Waals surface area contributed by atoms with Crippen molar-refractivity contribution >= 4 is 23.4 Å². The zero-order chi connectivity index (χ0) is 41.5. The van der Waals surface area contributed by atoms with Crippen molar-refractivity contribution in [3.05, 3.63) is 68.8 Å². The lowest BCUT2D eigenvalue weighted by molar-refractivity contribution is -0.353. The highest BCUT2D eigenvalue weighted by atomic mass is 16.7. The van der Waals surface area contributed by atoms with Crippen molar-refractivity contribution in [2.24, 2.45) is 0 Å². The van der Waals surface area contributed by atoms with Crippen LogP contribution in [-0.2, 0) is 23.7 Å². The second-order valence-corrected chi connectivity index (χ2v) is 14.2. The van der Waals surface area contributed by atoms with Gasteiger partial charge in [-0.1, -0.05) is 6.07 Å². The first-order valence-electron chi connectivity index (χ1n) is 17.4. The minimum atomic E-state index is -1.96. The van der Waals surface area contributed by atoms with Gasteiger partial charge in [-0.3, -0.25) is 19.2 Å². The quantitative estimate of drug-likeness (QED) is 0.101. The molecule has 0 unspecified atom stereocenters. The summed E-state index contributed by atoms with van der Waals surface area (Å²) >= 11 is 0. The predicted octanol–water partition coefficient (Wildman–Crippen LogP) is -1.53. The molecule has 2 fully saturated rings. The summed E-state index contributed by atoms with van der Waals surface area (Å²) in [6.07, 6.45) is -18.6. The number of hydrogen-bond donors (Lipinski definition) is 12. The van der Waals surface area contributed by atoms with Crippen LogP contribution in [0.25, 0.3) is 11.1 Å². The minimum absolute atomic E-state index is 0.0127. The Balaban J connectivity index is 1.35. The Hall–Kier alpha value is -5.26. The zero-order valence-corrected chi connectivity index (χ0v) is 29.8. The highest BCUT2D eigenvalue weighted by Crippen LogP contribution is 2.57. The van der Waals surface area contributed by atoms with Gasteiger partial charge in [0.2, 0.25) is 0 Å². The average Bonchev–Trinajstić information content (AvgIpc) is 3.14. The van der Waals surface area contributed by atoms with Gasteiger partial charge in [0, 0.05) is 28.3 Å². The molecule has 304 valence electrons. The average molecular weight is 800 g/mol. The largest absolute Gasteiger partial charge is 0.508 e. The molecule has 2 aliphatic carbocycles. The topological polar surface area (TPSA) is 340 Å². The molecule has 4 aliphatic rings. The number of amides is 1. The fourth-order valence-corrected chi connectivity index (χ4v) is 7.69. The number of aryl methyl sites for hydroxylation is 1. The fourth-order valence-electron chi connectivity index (χ4n) is 7.69. The molecule has 0 radical (unpaired) electrons. The van der Waals surface area contributed by atoms with Crippen LogP contribution in [0.2, 0.25) is 0 Å². The van der Waals surface area contributed by atoms with Gasteiger partial charge in [-0.2, -0.15) is 0 Å². The number of carbonyl (C=O) groups is 4. The van der Waals surface area contributed by atoms with E-state index in [1.54, 1.807) is 0 Å². The molecule has 20 nitrogen and oxygen atoms in total. The van der Waals surface area contributed by atoms with Crippen LogP contribution in [0.15, 0.2) is 24.3 Å². The first-order valence-corrected chi connectivity index (χ1v) is 17.4. The molecule has 11 atom stereocenters. The van der Waals surface area contributed by atoms with E-state index in [0.29, 0.717) is 0 Å². The number of hydrogen-bond acceptors (Lipinski definition) is 18. The number of carbonyl (C=O) groups excluding carboxylic acids is 3. The van der Waals surface area contributed by atoms with Crippen molar-refractivity contribution in [1.82, 2.24) is 5.32 Å². The van der Waals surface area contributed by atoms with E-state index >= 15 is 0 Å². The number of carboxylic acid groups (broad SMARTS) is 1. The lowest BCUT2D eigenvalue weighted by Crippen LogP contribution is -2.62. The Labute approximate surface area is 320 Å². The third-order valence-corrected chi connectivity index (χ3v) is 10.5. The molecule has 2 aliphatic heterocycles. The van der Waals surface area contributed by atoms with Crippen LogP contribution in [0.3, 0.4) is 0 Å². The van der Waals surface area contributed by atoms with Gasteiger partial charge in [0.05, 0.1) is 29.4 Å². The van der Waals surface area contributed by atoms with Crippen molar-refractivity contribution in [3.63, 3.8) is 0 Å². The maximum Gasteiger partial charge on any atom is 0.322 e. The Kier molecular flexibility index (Phi) is 10.2. The second-order valence-electron chi connectivity index (χ2n) is 14.2. The fraction of sp³-hybridized carbons (Fsp3) is 0.405. The summed E-state index contributed by atoms with van der Waals surface area (Å²) in [5.41, 5.74) is -4.13. The number of ketones is 2. The number of rotatable bonds is 7. The van der Waals surface area contributed by atoms with Crippen LogP contribution in [0.1, 0.15) is 78.0 Å². The summed E-state index contributed by atoms with van der Waals surface area (Å²) in [6, 6.07) is 3.94. The van der Waals surface area contributed by atoms with Crippen molar-refractivity contribution in [1.29, 1.82) is 0 Å². The van der Waals surface area contributed by atoms with Crippen molar-refractivity contribution < 1.29 is 94.3 Å². The third-order valence-electron chi connectivity index (χ3n) is 10.5. The molecular weight excluding hydrogens is 762 g/mol. The molecule has 0 aromatic heterocycles. The van der Waals surface area contributed by atoms with Crippen LogP contribution in [0, 0.1) is 6.92 Å². The molecule has 12 N–H and O–H groups in total. The molecule has 2 heterocycles. The van der Waals surface area contributed by atoms with Crippen LogP contribution in [0.4, 0.5) is 0 Å². The first kappa shape index (κ1) is 40.0. The normalized spacial score (nSPS) is 30.5. The number of aliphatic hydroxyl groups excluding tert-OH is 6. The summed E-state index contributed by atoms with van der Waals surface area (Å²) in [4.78, 5) is 52.2. The number of fused-ring (bicyclic) bond motifs is 5. The van der Waals surface area contributed by atoms with E-state index in [0.717, 1.165) is 18.2 Å². The van der Waals surface area contributed by atoms with Gasteiger partial charge in [-0.25, -0.2) is 0 Å². The van der Waals surface area contributed by atoms with E-state index in [-0.39, 0.29) is 16.7 Å². The second kappa shape index (κ2) is 14.6. The van der Waals surface area contributed by atoms with Crippen molar-refractivity contribution in [2.45, 2.75) is 81.4 Å². The Bertz CT molecular complexity index is 2210. The van der Waals surface area contributed by atoms with E-state index in [2.05, 4.69) is 5.32 Å². The number of aliphatic carboxylic acids is 1. The third kappa shape index (κ3) is 6.45. The van der Waals surface area contributed by atoms with Crippen molar-refractivity contribution in [2.75, 3.05) is 13.2 Å². The van der Waals surface area contributed by atoms with Gasteiger partial charge in [0.25, 0.3) is 5.91 Å². The monoisotopic (exact) mass is 799 g/mol. The summed E-state index contributed by atoms with van der Waals surface area (Å²) in [5.74, 6) is -7.77. The van der Waals surface area contributed by atoms with Gasteiger partial charge < -0.3 is 80.4 Å². The number of nitrogens with one attached hydrogen (secondary N) is 1. The van der Waals surface area contributed by atoms with E-state index < -0.39 is 166 Å². The summed E-state index contributed by atoms with van der Waals surface area (Å²) in [6.45, 7) is 1.36. The lowest BCUT2D eigenvalue weighted by atomic mass is 9.74. The molecule has 3 aromatic carbocycles. The zero-order valence-electron chi connectivity index (χ0n) is 29.8. The summed E-state index contributed by atoms with van der Waals surface area (Å²) in [7, 11) is 0. The summed E-state index contributed by atoms with van der Waals surface area (Å²) in [5, 5.41) is 120. The Morgan fingerprint density at radius 2 is 1.42 bits per heavy atom. The number of phenols is 4. The smallest absolute Gasteiger partial charge is 0.322 e. The van der Waals surface area contributed by atoms with Crippen LogP contribution >= 0.6 is 0 Å². The van der Waals surface area contributed by atoms with Crippen LogP contribution in [0.5, 0.6) is 23.0 Å². The molecule has 3 aromatic rings. The number of phenolic OH excluding ortho intramolecular Hbond substituents is 4. The number of aromatic hydroxyl groups is 4. The Morgan fingerprint density at radius 1 is 0.772 bits per heavy atom. The Morgan fingerprint density at radius 3 is 2.11 bits per heavy atom. The van der Waals surface area contributed by atoms with Gasteiger partial charge in [0.1, 0.15) is 78.4 Å². The number of ether oxygens (including phenoxy) is 4. The van der Waals surface area contributed by atoms with E-state index in [1.165, 1.54) is 19.9 Å².